The molecule has 2 rings (SSSR count). The highest BCUT2D eigenvalue weighted by molar-refractivity contribution is 7.96. The molecule has 5 heteroatoms. The molecule has 1 saturated heterocycles. The molecular weight excluding hydrogens is 212 g/mol. The fourth-order valence-corrected chi connectivity index (χ4v) is 2.48. The van der Waals surface area contributed by atoms with Gasteiger partial charge in [-0.15, -0.1) is 0 Å². The van der Waals surface area contributed by atoms with Gasteiger partial charge in [-0.05, 0) is 11.6 Å². The minimum Gasteiger partial charge on any atom is -0.369 e. The molecule has 1 aliphatic heterocycles. The number of carbonyl (C=O) groups is 1. The highest BCUT2D eigenvalue weighted by Crippen LogP contribution is 2.40. The smallest absolute Gasteiger partial charge is 0.264 e. The molecule has 2 atom stereocenters. The second kappa shape index (κ2) is 4.20. The molecule has 1 fully saturated rings. The number of rotatable bonds is 3. The number of nitrogens with zero attached hydrogens (tertiary/aromatic N) is 2. The van der Waals surface area contributed by atoms with Crippen molar-refractivity contribution < 1.29 is 9.53 Å². The van der Waals surface area contributed by atoms with Crippen LogP contribution in [0.5, 0.6) is 0 Å². The third kappa shape index (κ3) is 1.61. The molecule has 1 aromatic rings. The van der Waals surface area contributed by atoms with Crippen molar-refractivity contribution in [2.24, 2.45) is 0 Å². The number of carbonyl (C=O) groups excluding carboxylic acids is 1. The molecule has 2 unspecified atom stereocenters. The van der Waals surface area contributed by atoms with Crippen LogP contribution in [0.25, 0.3) is 0 Å². The molecule has 0 spiro atoms. The van der Waals surface area contributed by atoms with Gasteiger partial charge in [0.1, 0.15) is 6.04 Å². The summed E-state index contributed by atoms with van der Waals surface area (Å²) in [7, 11) is 1.56. The Hall–Kier alpha value is -1.07. The van der Waals surface area contributed by atoms with Crippen LogP contribution in [-0.4, -0.2) is 34.7 Å². The van der Waals surface area contributed by atoms with Crippen molar-refractivity contribution >= 4 is 17.9 Å². The Kier molecular flexibility index (Phi) is 2.93. The van der Waals surface area contributed by atoms with E-state index < -0.39 is 0 Å². The lowest BCUT2D eigenvalue weighted by atomic mass is 9.95. The highest BCUT2D eigenvalue weighted by atomic mass is 32.2. The molecule has 15 heavy (non-hydrogen) atoms. The van der Waals surface area contributed by atoms with Crippen molar-refractivity contribution in [2.75, 3.05) is 13.4 Å². The fraction of sp³-hybridized carbons (Fsp3) is 0.400. The topological polar surface area (TPSA) is 42.4 Å². The number of aromatic nitrogens is 1. The van der Waals surface area contributed by atoms with E-state index in [-0.39, 0.29) is 18.1 Å². The van der Waals surface area contributed by atoms with Gasteiger partial charge in [0.25, 0.3) is 5.91 Å². The minimum atomic E-state index is -0.360. The maximum Gasteiger partial charge on any atom is 0.264 e. The Balaban J connectivity index is 2.24. The van der Waals surface area contributed by atoms with Crippen LogP contribution in [0.2, 0.25) is 0 Å². The van der Waals surface area contributed by atoms with Gasteiger partial charge in [-0.2, -0.15) is 0 Å². The van der Waals surface area contributed by atoms with E-state index in [0.717, 1.165) is 5.56 Å². The van der Waals surface area contributed by atoms with E-state index in [2.05, 4.69) is 4.98 Å². The third-order valence-corrected chi connectivity index (χ3v) is 3.28. The van der Waals surface area contributed by atoms with Gasteiger partial charge in [0.05, 0.1) is 0 Å². The second-order valence-electron chi connectivity index (χ2n) is 3.23. The van der Waals surface area contributed by atoms with Crippen LogP contribution in [0.3, 0.4) is 0 Å². The summed E-state index contributed by atoms with van der Waals surface area (Å²) in [4.78, 5) is 15.6. The first kappa shape index (κ1) is 10.4. The number of β-lactam (4-membered cyclic amide) rings is 1. The maximum atomic E-state index is 11.6. The zero-order chi connectivity index (χ0) is 10.8. The summed E-state index contributed by atoms with van der Waals surface area (Å²) < 4.78 is 6.88. The van der Waals surface area contributed by atoms with E-state index in [1.165, 1.54) is 11.9 Å². The van der Waals surface area contributed by atoms with Gasteiger partial charge in [0.2, 0.25) is 0 Å². The molecule has 0 aromatic carbocycles. The fourth-order valence-electron chi connectivity index (χ4n) is 1.73. The number of amides is 1. The number of ether oxygens (including phenoxy) is 1. The third-order valence-electron chi connectivity index (χ3n) is 2.48. The van der Waals surface area contributed by atoms with Gasteiger partial charge in [-0.1, -0.05) is 18.0 Å². The van der Waals surface area contributed by atoms with E-state index in [1.54, 1.807) is 23.8 Å². The predicted octanol–water partition coefficient (Wildman–Crippen LogP) is 1.26. The zero-order valence-corrected chi connectivity index (χ0v) is 9.40. The Morgan fingerprint density at radius 3 is 2.93 bits per heavy atom. The minimum absolute atomic E-state index is 0.00815. The number of hydrogen-bond acceptors (Lipinski definition) is 4. The monoisotopic (exact) mass is 224 g/mol. The maximum absolute atomic E-state index is 11.6. The second-order valence-corrected chi connectivity index (χ2v) is 3.99. The Labute approximate surface area is 92.8 Å². The molecule has 80 valence electrons. The van der Waals surface area contributed by atoms with Crippen LogP contribution in [0.1, 0.15) is 11.6 Å². The predicted molar refractivity (Wildman–Crippen MR) is 58.1 cm³/mol. The molecule has 1 aromatic heterocycles. The zero-order valence-electron chi connectivity index (χ0n) is 8.58. The van der Waals surface area contributed by atoms with Gasteiger partial charge in [0.15, 0.2) is 6.10 Å². The van der Waals surface area contributed by atoms with E-state index in [1.807, 2.05) is 18.4 Å². The summed E-state index contributed by atoms with van der Waals surface area (Å²) in [6.07, 6.45) is 5.01. The quantitative estimate of drug-likeness (QED) is 0.572. The number of hydrogen-bond donors (Lipinski definition) is 0. The number of methoxy groups -OCH3 is 1. The van der Waals surface area contributed by atoms with Crippen LogP contribution in [-0.2, 0) is 9.53 Å². The van der Waals surface area contributed by atoms with Crippen molar-refractivity contribution in [2.45, 2.75) is 12.1 Å². The normalized spacial score (nSPS) is 25.2. The Morgan fingerprint density at radius 2 is 2.40 bits per heavy atom. The Morgan fingerprint density at radius 1 is 1.60 bits per heavy atom. The van der Waals surface area contributed by atoms with Gasteiger partial charge >= 0.3 is 0 Å². The average molecular weight is 224 g/mol. The molecule has 2 heterocycles. The molecule has 0 N–H and O–H groups in total. The summed E-state index contributed by atoms with van der Waals surface area (Å²) in [5.41, 5.74) is 1.01. The van der Waals surface area contributed by atoms with Crippen molar-refractivity contribution in [3.8, 4) is 0 Å². The molecule has 0 bridgehead atoms. The molecule has 0 aliphatic carbocycles. The van der Waals surface area contributed by atoms with E-state index in [4.69, 9.17) is 4.74 Å². The van der Waals surface area contributed by atoms with Crippen molar-refractivity contribution in [1.82, 2.24) is 9.29 Å². The largest absolute Gasteiger partial charge is 0.369 e. The lowest BCUT2D eigenvalue weighted by Gasteiger charge is -2.44. The molecule has 4 nitrogen and oxygen atoms in total. The molecule has 0 saturated carbocycles. The van der Waals surface area contributed by atoms with Gasteiger partial charge in [0, 0.05) is 25.8 Å². The van der Waals surface area contributed by atoms with E-state index >= 15 is 0 Å². The average Bonchev–Trinajstić information content (AvgIpc) is 2.28. The van der Waals surface area contributed by atoms with Gasteiger partial charge in [-0.3, -0.25) is 14.1 Å². The lowest BCUT2D eigenvalue weighted by Crippen LogP contribution is -2.56. The van der Waals surface area contributed by atoms with Crippen molar-refractivity contribution in [3.63, 3.8) is 0 Å². The van der Waals surface area contributed by atoms with E-state index in [0.29, 0.717) is 0 Å². The summed E-state index contributed by atoms with van der Waals surface area (Å²) in [6.45, 7) is 0. The number of pyridine rings is 1. The molecule has 1 amide bonds. The van der Waals surface area contributed by atoms with Crippen LogP contribution >= 0.6 is 11.9 Å². The van der Waals surface area contributed by atoms with Crippen molar-refractivity contribution in [1.29, 1.82) is 0 Å². The summed E-state index contributed by atoms with van der Waals surface area (Å²) in [5.74, 6) is 0.0267. The first-order valence-corrected chi connectivity index (χ1v) is 5.77. The van der Waals surface area contributed by atoms with Gasteiger partial charge < -0.3 is 4.74 Å². The van der Waals surface area contributed by atoms with Gasteiger partial charge in [-0.25, -0.2) is 0 Å². The lowest BCUT2D eigenvalue weighted by molar-refractivity contribution is -0.158. The molecular formula is C10H12N2O2S. The SMILES string of the molecule is COC1C(=O)N(SC)C1c1cccnc1. The first-order valence-electron chi connectivity index (χ1n) is 4.59. The first-order chi connectivity index (χ1) is 7.29. The van der Waals surface area contributed by atoms with Crippen molar-refractivity contribution in [3.05, 3.63) is 30.1 Å². The molecule has 1 aliphatic rings. The van der Waals surface area contributed by atoms with Crippen LogP contribution in [0, 0.1) is 0 Å². The van der Waals surface area contributed by atoms with Crippen LogP contribution in [0.4, 0.5) is 0 Å². The van der Waals surface area contributed by atoms with Crippen LogP contribution < -0.4 is 0 Å². The molecule has 0 radical (unpaired) electrons. The summed E-state index contributed by atoms with van der Waals surface area (Å²) >= 11 is 1.42. The standard InChI is InChI=1S/C10H12N2O2S/c1-14-9-8(12(15-2)10(9)13)7-4-3-5-11-6-7/h3-6,8-9H,1-2H3. The van der Waals surface area contributed by atoms with E-state index in [9.17, 15) is 4.79 Å². The Bertz CT molecular complexity index is 344. The summed E-state index contributed by atoms with van der Waals surface area (Å²) in [5, 5.41) is 0. The highest BCUT2D eigenvalue weighted by Gasteiger charge is 2.48. The van der Waals surface area contributed by atoms with Crippen LogP contribution in [0.15, 0.2) is 24.5 Å². The summed E-state index contributed by atoms with van der Waals surface area (Å²) in [6, 6.07) is 3.81.